The third-order valence-electron chi connectivity index (χ3n) is 1.74. The van der Waals surface area contributed by atoms with Crippen molar-refractivity contribution in [2.45, 2.75) is 11.3 Å². The lowest BCUT2D eigenvalue weighted by atomic mass is 10.3. The molecule has 1 aromatic carbocycles. The van der Waals surface area contributed by atoms with Gasteiger partial charge in [-0.2, -0.15) is 13.2 Å². The number of aromatic nitrogens is 2. The Labute approximate surface area is 87.9 Å². The molecule has 0 amide bonds. The van der Waals surface area contributed by atoms with E-state index in [1.165, 1.54) is 0 Å². The molecule has 0 saturated carbocycles. The minimum Gasteiger partial charge on any atom is -0.333 e. The maximum atomic E-state index is 11.9. The summed E-state index contributed by atoms with van der Waals surface area (Å²) in [6, 6.07) is 7.13. The molecule has 2 aromatic rings. The Bertz CT molecular complexity index is 431. The lowest BCUT2D eigenvalue weighted by molar-refractivity contribution is -0.105. The van der Waals surface area contributed by atoms with E-state index in [0.29, 0.717) is 22.4 Å². The largest absolute Gasteiger partial charge is 0.398 e. The van der Waals surface area contributed by atoms with Crippen molar-refractivity contribution in [3.05, 3.63) is 24.3 Å². The second-order valence-corrected chi connectivity index (χ2v) is 3.93. The first-order chi connectivity index (χ1) is 7.04. The number of para-hydroxylation sites is 2. The van der Waals surface area contributed by atoms with Crippen LogP contribution in [0.15, 0.2) is 29.4 Å². The number of rotatable bonds is 2. The Hall–Kier alpha value is -1.17. The van der Waals surface area contributed by atoms with Crippen molar-refractivity contribution in [1.29, 1.82) is 0 Å². The highest BCUT2D eigenvalue weighted by Crippen LogP contribution is 2.26. The number of fused-ring (bicyclic) bond motifs is 1. The molecule has 80 valence electrons. The van der Waals surface area contributed by atoms with Crippen LogP contribution in [0.25, 0.3) is 11.0 Å². The number of nitrogens with zero attached hydrogens (tertiary/aromatic N) is 1. The Morgan fingerprint density at radius 1 is 1.27 bits per heavy atom. The van der Waals surface area contributed by atoms with Gasteiger partial charge in [-0.25, -0.2) is 4.98 Å². The molecule has 0 atom stereocenters. The number of hydrogen-bond donors (Lipinski definition) is 1. The van der Waals surface area contributed by atoms with Crippen LogP contribution in [0.5, 0.6) is 0 Å². The topological polar surface area (TPSA) is 28.7 Å². The summed E-state index contributed by atoms with van der Waals surface area (Å²) in [4.78, 5) is 6.84. The van der Waals surface area contributed by atoms with Crippen LogP contribution in [0.2, 0.25) is 0 Å². The summed E-state index contributed by atoms with van der Waals surface area (Å²) in [5.41, 5.74) is 1.43. The number of hydrogen-bond acceptors (Lipinski definition) is 2. The predicted molar refractivity (Wildman–Crippen MR) is 52.9 cm³/mol. The molecule has 6 heteroatoms. The molecule has 0 aliphatic rings. The molecular formula is C9H7F3N2S. The molecular weight excluding hydrogens is 225 g/mol. The van der Waals surface area contributed by atoms with E-state index in [-0.39, 0.29) is 0 Å². The zero-order chi connectivity index (χ0) is 10.9. The fourth-order valence-corrected chi connectivity index (χ4v) is 1.79. The quantitative estimate of drug-likeness (QED) is 0.805. The molecule has 0 unspecified atom stereocenters. The van der Waals surface area contributed by atoms with Crippen molar-refractivity contribution in [2.24, 2.45) is 0 Å². The van der Waals surface area contributed by atoms with Crippen LogP contribution in [-0.2, 0) is 0 Å². The summed E-state index contributed by atoms with van der Waals surface area (Å²) in [6.45, 7) is 0. The molecule has 0 radical (unpaired) electrons. The fourth-order valence-electron chi connectivity index (χ4n) is 1.15. The van der Waals surface area contributed by atoms with Gasteiger partial charge in [-0.15, -0.1) is 0 Å². The molecule has 0 bridgehead atoms. The maximum Gasteiger partial charge on any atom is 0.398 e. The van der Waals surface area contributed by atoms with E-state index in [1.807, 2.05) is 0 Å². The number of halogens is 3. The first-order valence-electron chi connectivity index (χ1n) is 4.19. The molecule has 0 saturated heterocycles. The number of aromatic amines is 1. The summed E-state index contributed by atoms with van der Waals surface area (Å²) in [5.74, 6) is -0.924. The molecule has 2 rings (SSSR count). The van der Waals surface area contributed by atoms with Gasteiger partial charge >= 0.3 is 6.18 Å². The number of benzene rings is 1. The van der Waals surface area contributed by atoms with E-state index in [2.05, 4.69) is 9.97 Å². The molecule has 0 aliphatic heterocycles. The van der Waals surface area contributed by atoms with Gasteiger partial charge in [0.15, 0.2) is 5.16 Å². The standard InChI is InChI=1S/C9H7F3N2S/c10-9(11,12)5-15-8-13-6-3-1-2-4-7(6)14-8/h1-4H,5H2,(H,13,14). The number of thioether (sulfide) groups is 1. The zero-order valence-corrected chi connectivity index (χ0v) is 8.32. The van der Waals surface area contributed by atoms with Crippen LogP contribution >= 0.6 is 11.8 Å². The van der Waals surface area contributed by atoms with Crippen molar-refractivity contribution < 1.29 is 13.2 Å². The van der Waals surface area contributed by atoms with Crippen molar-refractivity contribution in [1.82, 2.24) is 9.97 Å². The molecule has 1 N–H and O–H groups in total. The highest BCUT2D eigenvalue weighted by molar-refractivity contribution is 7.99. The Morgan fingerprint density at radius 3 is 2.67 bits per heavy atom. The van der Waals surface area contributed by atoms with Crippen LogP contribution in [0.4, 0.5) is 13.2 Å². The van der Waals surface area contributed by atoms with E-state index in [1.54, 1.807) is 24.3 Å². The smallest absolute Gasteiger partial charge is 0.333 e. The summed E-state index contributed by atoms with van der Waals surface area (Å²) < 4.78 is 35.8. The minimum absolute atomic E-state index is 0.300. The third-order valence-corrected chi connectivity index (χ3v) is 2.68. The summed E-state index contributed by atoms with van der Waals surface area (Å²) in [6.07, 6.45) is -4.16. The van der Waals surface area contributed by atoms with Gasteiger partial charge in [0, 0.05) is 0 Å². The Kier molecular flexibility index (Phi) is 2.60. The van der Waals surface area contributed by atoms with Gasteiger partial charge in [0.2, 0.25) is 0 Å². The molecule has 1 heterocycles. The molecule has 2 nitrogen and oxygen atoms in total. The van der Waals surface area contributed by atoms with Crippen LogP contribution in [-0.4, -0.2) is 21.9 Å². The molecule has 1 aromatic heterocycles. The average Bonchev–Trinajstić information content (AvgIpc) is 2.56. The highest BCUT2D eigenvalue weighted by Gasteiger charge is 2.27. The maximum absolute atomic E-state index is 11.9. The third kappa shape index (κ3) is 2.65. The number of H-pyrrole nitrogens is 1. The van der Waals surface area contributed by atoms with E-state index >= 15 is 0 Å². The van der Waals surface area contributed by atoms with Gasteiger partial charge in [-0.05, 0) is 12.1 Å². The lowest BCUT2D eigenvalue weighted by Gasteiger charge is -2.02. The van der Waals surface area contributed by atoms with E-state index in [9.17, 15) is 13.2 Å². The van der Waals surface area contributed by atoms with Gasteiger partial charge in [0.1, 0.15) is 0 Å². The number of imidazole rings is 1. The van der Waals surface area contributed by atoms with E-state index in [4.69, 9.17) is 0 Å². The summed E-state index contributed by atoms with van der Waals surface area (Å²) in [7, 11) is 0. The average molecular weight is 232 g/mol. The fraction of sp³-hybridized carbons (Fsp3) is 0.222. The SMILES string of the molecule is FC(F)(F)CSc1nc2ccccc2[nH]1. The zero-order valence-electron chi connectivity index (χ0n) is 7.51. The lowest BCUT2D eigenvalue weighted by Crippen LogP contribution is -2.10. The van der Waals surface area contributed by atoms with Gasteiger partial charge < -0.3 is 4.98 Å². The van der Waals surface area contributed by atoms with E-state index in [0.717, 1.165) is 5.52 Å². The number of nitrogens with one attached hydrogen (secondary N) is 1. The first-order valence-corrected chi connectivity index (χ1v) is 5.17. The Balaban J connectivity index is 2.16. The van der Waals surface area contributed by atoms with Gasteiger partial charge in [-0.1, -0.05) is 23.9 Å². The van der Waals surface area contributed by atoms with Crippen molar-refractivity contribution in [2.75, 3.05) is 5.75 Å². The molecule has 0 aliphatic carbocycles. The van der Waals surface area contributed by atoms with Gasteiger partial charge in [0.25, 0.3) is 0 Å². The second kappa shape index (κ2) is 3.77. The van der Waals surface area contributed by atoms with Crippen LogP contribution in [0, 0.1) is 0 Å². The number of alkyl halides is 3. The molecule has 0 spiro atoms. The second-order valence-electron chi connectivity index (χ2n) is 2.96. The van der Waals surface area contributed by atoms with Crippen LogP contribution in [0.3, 0.4) is 0 Å². The monoisotopic (exact) mass is 232 g/mol. The molecule has 0 fully saturated rings. The predicted octanol–water partition coefficient (Wildman–Crippen LogP) is 3.22. The highest BCUT2D eigenvalue weighted by atomic mass is 32.2. The first kappa shape index (κ1) is 10.4. The van der Waals surface area contributed by atoms with Crippen molar-refractivity contribution in [3.63, 3.8) is 0 Å². The van der Waals surface area contributed by atoms with Crippen LogP contribution < -0.4 is 0 Å². The summed E-state index contributed by atoms with van der Waals surface area (Å²) >= 11 is 0.661. The van der Waals surface area contributed by atoms with Crippen LogP contribution in [0.1, 0.15) is 0 Å². The minimum atomic E-state index is -4.16. The van der Waals surface area contributed by atoms with Crippen molar-refractivity contribution >= 4 is 22.8 Å². The van der Waals surface area contributed by atoms with E-state index < -0.39 is 11.9 Å². The normalized spacial score (nSPS) is 12.2. The Morgan fingerprint density at radius 2 is 2.00 bits per heavy atom. The summed E-state index contributed by atoms with van der Waals surface area (Å²) in [5, 5.41) is 0.300. The van der Waals surface area contributed by atoms with Gasteiger partial charge in [-0.3, -0.25) is 0 Å². The van der Waals surface area contributed by atoms with Gasteiger partial charge in [0.05, 0.1) is 16.8 Å². The van der Waals surface area contributed by atoms with Crippen molar-refractivity contribution in [3.8, 4) is 0 Å². The molecule has 15 heavy (non-hydrogen) atoms.